The number of carbonyl (C=O) groups is 1. The van der Waals surface area contributed by atoms with Crippen molar-refractivity contribution in [1.29, 1.82) is 0 Å². The van der Waals surface area contributed by atoms with Crippen LogP contribution in [0.25, 0.3) is 0 Å². The first kappa shape index (κ1) is 17.4. The number of carbonyl (C=O) groups excluding carboxylic acids is 1. The first-order chi connectivity index (χ1) is 9.52. The summed E-state index contributed by atoms with van der Waals surface area (Å²) < 4.78 is 60.7. The van der Waals surface area contributed by atoms with Gasteiger partial charge in [0.05, 0.1) is 10.5 Å². The van der Waals surface area contributed by atoms with E-state index in [0.717, 1.165) is 12.1 Å². The molecule has 0 aromatic heterocycles. The van der Waals surface area contributed by atoms with E-state index in [9.17, 15) is 26.4 Å². The fraction of sp³-hybridized carbons (Fsp3) is 0.417. The number of hydrogen-bond acceptors (Lipinski definition) is 3. The molecule has 0 heterocycles. The molecule has 0 aliphatic carbocycles. The summed E-state index contributed by atoms with van der Waals surface area (Å²) in [6.07, 6.45) is -4.42. The summed E-state index contributed by atoms with van der Waals surface area (Å²) >= 11 is 0. The van der Waals surface area contributed by atoms with Crippen LogP contribution in [0.5, 0.6) is 0 Å². The monoisotopic (exact) mass is 324 g/mol. The van der Waals surface area contributed by atoms with Gasteiger partial charge in [0.2, 0.25) is 5.91 Å². The van der Waals surface area contributed by atoms with Crippen molar-refractivity contribution in [2.75, 3.05) is 0 Å². The van der Waals surface area contributed by atoms with Crippen molar-refractivity contribution in [2.45, 2.75) is 31.3 Å². The van der Waals surface area contributed by atoms with Crippen molar-refractivity contribution in [3.8, 4) is 0 Å². The van der Waals surface area contributed by atoms with E-state index in [-0.39, 0.29) is 17.2 Å². The van der Waals surface area contributed by atoms with Crippen LogP contribution in [0.15, 0.2) is 29.2 Å². The third kappa shape index (κ3) is 5.35. The van der Waals surface area contributed by atoms with Crippen LogP contribution < -0.4 is 10.3 Å². The third-order valence-electron chi connectivity index (χ3n) is 2.41. The van der Waals surface area contributed by atoms with Gasteiger partial charge in [-0.15, -0.1) is 4.83 Å². The molecule has 0 bridgehead atoms. The Morgan fingerprint density at radius 1 is 1.19 bits per heavy atom. The Kier molecular flexibility index (Phi) is 5.35. The molecule has 0 fully saturated rings. The molecule has 5 nitrogen and oxygen atoms in total. The minimum Gasteiger partial charge on any atom is -0.278 e. The van der Waals surface area contributed by atoms with Crippen LogP contribution in [0, 0.1) is 5.92 Å². The molecule has 0 saturated carbocycles. The number of hydrogen-bond donors (Lipinski definition) is 2. The summed E-state index contributed by atoms with van der Waals surface area (Å²) in [6, 6.07) is 2.95. The molecule has 0 aliphatic rings. The second-order valence-electron chi connectivity index (χ2n) is 4.77. The summed E-state index contributed by atoms with van der Waals surface area (Å²) in [5, 5.41) is 0. The van der Waals surface area contributed by atoms with Gasteiger partial charge in [0, 0.05) is 6.42 Å². The summed E-state index contributed by atoms with van der Waals surface area (Å²) in [5.41, 5.74) is 1.05. The van der Waals surface area contributed by atoms with E-state index in [1.807, 2.05) is 10.3 Å². The van der Waals surface area contributed by atoms with E-state index in [4.69, 9.17) is 0 Å². The molecule has 0 atom stereocenters. The maximum absolute atomic E-state index is 12.4. The molecule has 9 heteroatoms. The van der Waals surface area contributed by atoms with Gasteiger partial charge in [-0.1, -0.05) is 13.8 Å². The summed E-state index contributed by atoms with van der Waals surface area (Å²) in [6.45, 7) is 3.56. The maximum atomic E-state index is 12.4. The Bertz CT molecular complexity index is 595. The van der Waals surface area contributed by atoms with Gasteiger partial charge in [0.15, 0.2) is 0 Å². The van der Waals surface area contributed by atoms with E-state index in [1.54, 1.807) is 13.8 Å². The second kappa shape index (κ2) is 6.44. The molecule has 118 valence electrons. The molecule has 1 aromatic carbocycles. The van der Waals surface area contributed by atoms with Gasteiger partial charge in [-0.3, -0.25) is 10.2 Å². The van der Waals surface area contributed by atoms with Crippen LogP contribution in [0.1, 0.15) is 25.8 Å². The van der Waals surface area contributed by atoms with E-state index in [0.29, 0.717) is 12.1 Å². The molecule has 1 rings (SSSR count). The molecule has 21 heavy (non-hydrogen) atoms. The summed E-state index contributed by atoms with van der Waals surface area (Å²) in [4.78, 5) is 12.8. The predicted molar refractivity (Wildman–Crippen MR) is 69.4 cm³/mol. The number of hydrazine groups is 1. The van der Waals surface area contributed by atoms with E-state index >= 15 is 0 Å². The summed E-state index contributed by atoms with van der Waals surface area (Å²) in [5.74, 6) is -0.485. The topological polar surface area (TPSA) is 75.3 Å². The first-order valence-corrected chi connectivity index (χ1v) is 7.48. The lowest BCUT2D eigenvalue weighted by Crippen LogP contribution is -2.41. The highest BCUT2D eigenvalue weighted by atomic mass is 32.2. The molecule has 0 saturated heterocycles. The zero-order chi connectivity index (χ0) is 16.3. The number of nitrogens with one attached hydrogen (secondary N) is 2. The lowest BCUT2D eigenvalue weighted by molar-refractivity contribution is -0.137. The molecule has 1 aromatic rings. The van der Waals surface area contributed by atoms with Crippen molar-refractivity contribution in [2.24, 2.45) is 5.92 Å². The molecular weight excluding hydrogens is 309 g/mol. The van der Waals surface area contributed by atoms with Gasteiger partial charge in [-0.2, -0.15) is 13.2 Å². The van der Waals surface area contributed by atoms with Crippen molar-refractivity contribution in [1.82, 2.24) is 10.3 Å². The number of amides is 1. The average Bonchev–Trinajstić information content (AvgIpc) is 2.35. The Labute approximate surface area is 120 Å². The number of halogens is 3. The van der Waals surface area contributed by atoms with E-state index < -0.39 is 27.7 Å². The molecule has 0 unspecified atom stereocenters. The highest BCUT2D eigenvalue weighted by Crippen LogP contribution is 2.29. The minimum atomic E-state index is -4.54. The van der Waals surface area contributed by atoms with Crippen LogP contribution in [0.3, 0.4) is 0 Å². The van der Waals surface area contributed by atoms with Gasteiger partial charge < -0.3 is 0 Å². The van der Waals surface area contributed by atoms with Crippen LogP contribution in [-0.2, 0) is 21.0 Å². The van der Waals surface area contributed by atoms with E-state index in [1.165, 1.54) is 0 Å². The highest BCUT2D eigenvalue weighted by molar-refractivity contribution is 7.89. The smallest absolute Gasteiger partial charge is 0.278 e. The van der Waals surface area contributed by atoms with Crippen molar-refractivity contribution >= 4 is 15.9 Å². The SMILES string of the molecule is CC(C)CC(=O)NNS(=O)(=O)c1ccc(C(F)(F)F)cc1. The molecule has 0 radical (unpaired) electrons. The zero-order valence-corrected chi connectivity index (χ0v) is 12.2. The Hall–Kier alpha value is -1.61. The molecule has 0 spiro atoms. The van der Waals surface area contributed by atoms with Crippen molar-refractivity contribution < 1.29 is 26.4 Å². The number of alkyl halides is 3. The van der Waals surface area contributed by atoms with Crippen LogP contribution in [0.4, 0.5) is 13.2 Å². The minimum absolute atomic E-state index is 0.0422. The quantitative estimate of drug-likeness (QED) is 0.814. The second-order valence-corrected chi connectivity index (χ2v) is 6.46. The normalized spacial score (nSPS) is 12.5. The molecular formula is C12H15F3N2O3S. The average molecular weight is 324 g/mol. The van der Waals surface area contributed by atoms with Gasteiger partial charge in [-0.05, 0) is 30.2 Å². The van der Waals surface area contributed by atoms with Crippen LogP contribution in [-0.4, -0.2) is 14.3 Å². The zero-order valence-electron chi connectivity index (χ0n) is 11.4. The highest BCUT2D eigenvalue weighted by Gasteiger charge is 2.30. The third-order valence-corrected chi connectivity index (χ3v) is 3.67. The molecule has 2 N–H and O–H groups in total. The van der Waals surface area contributed by atoms with Crippen LogP contribution >= 0.6 is 0 Å². The molecule has 1 amide bonds. The first-order valence-electron chi connectivity index (χ1n) is 6.00. The fourth-order valence-electron chi connectivity index (χ4n) is 1.43. The van der Waals surface area contributed by atoms with Gasteiger partial charge in [0.25, 0.3) is 10.0 Å². The molecule has 0 aliphatic heterocycles. The van der Waals surface area contributed by atoms with Gasteiger partial charge in [-0.25, -0.2) is 8.42 Å². The number of rotatable bonds is 5. The van der Waals surface area contributed by atoms with Gasteiger partial charge >= 0.3 is 6.18 Å². The van der Waals surface area contributed by atoms with Crippen LogP contribution in [0.2, 0.25) is 0 Å². The fourth-order valence-corrected chi connectivity index (χ4v) is 2.29. The number of benzene rings is 1. The summed E-state index contributed by atoms with van der Waals surface area (Å²) in [7, 11) is -4.10. The Morgan fingerprint density at radius 2 is 1.71 bits per heavy atom. The maximum Gasteiger partial charge on any atom is 0.416 e. The van der Waals surface area contributed by atoms with E-state index in [2.05, 4.69) is 0 Å². The van der Waals surface area contributed by atoms with Crippen molar-refractivity contribution in [3.63, 3.8) is 0 Å². The van der Waals surface area contributed by atoms with Gasteiger partial charge in [0.1, 0.15) is 0 Å². The Balaban J connectivity index is 2.77. The lowest BCUT2D eigenvalue weighted by Gasteiger charge is -2.11. The van der Waals surface area contributed by atoms with Crippen molar-refractivity contribution in [3.05, 3.63) is 29.8 Å². The standard InChI is InChI=1S/C12H15F3N2O3S/c1-8(2)7-11(18)16-17-21(19,20)10-5-3-9(4-6-10)12(13,14)15/h3-6,8,17H,7H2,1-2H3,(H,16,18). The predicted octanol–water partition coefficient (Wildman–Crippen LogP) is 2.06. The number of sulfonamides is 1. The Morgan fingerprint density at radius 3 is 2.14 bits per heavy atom. The lowest BCUT2D eigenvalue weighted by atomic mass is 10.1. The largest absolute Gasteiger partial charge is 0.416 e.